The first-order valence-electron chi connectivity index (χ1n) is 7.55. The van der Waals surface area contributed by atoms with Crippen LogP contribution in [0.1, 0.15) is 21.1 Å². The van der Waals surface area contributed by atoms with Gasteiger partial charge in [-0.15, -0.1) is 11.3 Å². The summed E-state index contributed by atoms with van der Waals surface area (Å²) in [5, 5.41) is 2.99. The number of amides is 1. The molecule has 3 aromatic rings. The zero-order chi connectivity index (χ0) is 18.5. The van der Waals surface area contributed by atoms with E-state index < -0.39 is 5.91 Å². The minimum atomic E-state index is -0.617. The Morgan fingerprint density at radius 2 is 1.92 bits per heavy atom. The predicted octanol–water partition coefficient (Wildman–Crippen LogP) is 4.19. The number of hydrogen-bond donors (Lipinski definition) is 1. The molecule has 8 heteroatoms. The van der Waals surface area contributed by atoms with E-state index in [9.17, 15) is 9.18 Å². The molecule has 0 spiro atoms. The summed E-state index contributed by atoms with van der Waals surface area (Å²) in [5.74, 6) is -0.0246. The minimum absolute atomic E-state index is 0.176. The fourth-order valence-electron chi connectivity index (χ4n) is 2.13. The van der Waals surface area contributed by atoms with Crippen LogP contribution < -0.4 is 15.2 Å². The van der Waals surface area contributed by atoms with Crippen LogP contribution in [0.2, 0.25) is 5.02 Å². The Balaban J connectivity index is 1.59. The number of ether oxygens (including phenoxy) is 2. The van der Waals surface area contributed by atoms with Crippen molar-refractivity contribution in [3.8, 4) is 11.5 Å². The molecule has 0 atom stereocenters. The summed E-state index contributed by atoms with van der Waals surface area (Å²) in [7, 11) is 0. The van der Waals surface area contributed by atoms with Crippen molar-refractivity contribution in [1.29, 1.82) is 0 Å². The number of nitrogens with two attached hydrogens (primary N) is 1. The van der Waals surface area contributed by atoms with Gasteiger partial charge in [0.1, 0.15) is 35.5 Å². The number of carbonyl (C=O) groups is 1. The molecule has 2 N–H and O–H groups in total. The summed E-state index contributed by atoms with van der Waals surface area (Å²) in [4.78, 5) is 15.9. The van der Waals surface area contributed by atoms with Gasteiger partial charge in [0, 0.05) is 10.4 Å². The van der Waals surface area contributed by atoms with Crippen LogP contribution >= 0.6 is 22.9 Å². The lowest BCUT2D eigenvalue weighted by molar-refractivity contribution is 0.0996. The Labute approximate surface area is 158 Å². The van der Waals surface area contributed by atoms with Crippen molar-refractivity contribution < 1.29 is 18.7 Å². The lowest BCUT2D eigenvalue weighted by Crippen LogP contribution is -2.13. The van der Waals surface area contributed by atoms with E-state index >= 15 is 0 Å². The van der Waals surface area contributed by atoms with Crippen LogP contribution in [0.5, 0.6) is 11.5 Å². The van der Waals surface area contributed by atoms with Crippen LogP contribution in [-0.2, 0) is 13.2 Å². The van der Waals surface area contributed by atoms with Gasteiger partial charge >= 0.3 is 0 Å². The highest BCUT2D eigenvalue weighted by atomic mass is 35.5. The number of carbonyl (C=O) groups excluding carboxylic acids is 1. The summed E-state index contributed by atoms with van der Waals surface area (Å²) >= 11 is 7.28. The first-order valence-corrected chi connectivity index (χ1v) is 8.81. The minimum Gasteiger partial charge on any atom is -0.486 e. The number of nitrogens with zero attached hydrogens (tertiary/aromatic N) is 1. The molecule has 0 unspecified atom stereocenters. The van der Waals surface area contributed by atoms with Gasteiger partial charge in [-0.2, -0.15) is 0 Å². The largest absolute Gasteiger partial charge is 0.486 e. The number of halogens is 2. The van der Waals surface area contributed by atoms with Crippen LogP contribution in [0.4, 0.5) is 4.39 Å². The van der Waals surface area contributed by atoms with Gasteiger partial charge in [-0.1, -0.05) is 11.6 Å². The number of primary amides is 1. The van der Waals surface area contributed by atoms with Gasteiger partial charge in [0.2, 0.25) is 0 Å². The zero-order valence-corrected chi connectivity index (χ0v) is 15.0. The van der Waals surface area contributed by atoms with Crippen LogP contribution in [0.15, 0.2) is 47.8 Å². The molecular weight excluding hydrogens is 379 g/mol. The lowest BCUT2D eigenvalue weighted by Gasteiger charge is -2.08. The second-order valence-electron chi connectivity index (χ2n) is 5.27. The fraction of sp³-hybridized carbons (Fsp3) is 0.111. The van der Waals surface area contributed by atoms with Crippen molar-refractivity contribution in [1.82, 2.24) is 4.98 Å². The van der Waals surface area contributed by atoms with Gasteiger partial charge in [-0.05, 0) is 42.5 Å². The molecule has 134 valence electrons. The van der Waals surface area contributed by atoms with E-state index in [1.165, 1.54) is 29.5 Å². The van der Waals surface area contributed by atoms with Gasteiger partial charge in [0.15, 0.2) is 0 Å². The van der Waals surface area contributed by atoms with Crippen LogP contribution in [0.25, 0.3) is 0 Å². The molecule has 1 heterocycles. The fourth-order valence-corrected chi connectivity index (χ4v) is 2.99. The number of hydrogen-bond acceptors (Lipinski definition) is 5. The average molecular weight is 393 g/mol. The maximum atomic E-state index is 12.9. The standard InChI is InChI=1S/C18H14ClFN2O3S/c19-11-1-6-16(15(7-11)18(21)23)25-8-13-10-26-17(22-13)9-24-14-4-2-12(20)3-5-14/h1-7,10H,8-9H2,(H2,21,23). The average Bonchev–Trinajstić information content (AvgIpc) is 3.08. The topological polar surface area (TPSA) is 74.4 Å². The Kier molecular flexibility index (Phi) is 5.70. The summed E-state index contributed by atoms with van der Waals surface area (Å²) in [5.41, 5.74) is 6.24. The number of aromatic nitrogens is 1. The highest BCUT2D eigenvalue weighted by Gasteiger charge is 2.11. The maximum absolute atomic E-state index is 12.9. The molecular formula is C18H14ClFN2O3S. The second kappa shape index (κ2) is 8.16. The molecule has 0 fully saturated rings. The maximum Gasteiger partial charge on any atom is 0.252 e. The van der Waals surface area contributed by atoms with E-state index in [2.05, 4.69) is 4.98 Å². The second-order valence-corrected chi connectivity index (χ2v) is 6.65. The van der Waals surface area contributed by atoms with Gasteiger partial charge in [0.05, 0.1) is 11.3 Å². The van der Waals surface area contributed by atoms with Crippen LogP contribution in [0.3, 0.4) is 0 Å². The third-order valence-corrected chi connectivity index (χ3v) is 4.46. The number of rotatable bonds is 7. The Hall–Kier alpha value is -2.64. The molecule has 0 aliphatic heterocycles. The number of thiazole rings is 1. The Morgan fingerprint density at radius 1 is 1.15 bits per heavy atom. The van der Waals surface area contributed by atoms with Crippen molar-refractivity contribution in [2.45, 2.75) is 13.2 Å². The summed E-state index contributed by atoms with van der Waals surface area (Å²) in [6.45, 7) is 0.443. The molecule has 1 amide bonds. The SMILES string of the molecule is NC(=O)c1cc(Cl)ccc1OCc1csc(COc2ccc(F)cc2)n1. The molecule has 5 nitrogen and oxygen atoms in total. The van der Waals surface area contributed by atoms with E-state index in [0.717, 1.165) is 5.01 Å². The first kappa shape index (κ1) is 18.2. The molecule has 2 aromatic carbocycles. The Bertz CT molecular complexity index is 915. The third-order valence-electron chi connectivity index (χ3n) is 3.36. The highest BCUT2D eigenvalue weighted by Crippen LogP contribution is 2.24. The van der Waals surface area contributed by atoms with Crippen molar-refractivity contribution in [2.75, 3.05) is 0 Å². The molecule has 1 aromatic heterocycles. The first-order chi connectivity index (χ1) is 12.5. The Morgan fingerprint density at radius 3 is 2.65 bits per heavy atom. The number of benzene rings is 2. The molecule has 3 rings (SSSR count). The quantitative estimate of drug-likeness (QED) is 0.654. The van der Waals surface area contributed by atoms with Crippen molar-refractivity contribution >= 4 is 28.8 Å². The van der Waals surface area contributed by atoms with Crippen LogP contribution in [-0.4, -0.2) is 10.9 Å². The van der Waals surface area contributed by atoms with E-state index in [0.29, 0.717) is 22.2 Å². The van der Waals surface area contributed by atoms with Gasteiger partial charge < -0.3 is 15.2 Å². The molecule has 0 bridgehead atoms. The monoisotopic (exact) mass is 392 g/mol. The van der Waals surface area contributed by atoms with Crippen molar-refractivity contribution in [3.05, 3.63) is 74.9 Å². The van der Waals surface area contributed by atoms with E-state index in [4.69, 9.17) is 26.8 Å². The van der Waals surface area contributed by atoms with Gasteiger partial charge in [0.25, 0.3) is 5.91 Å². The van der Waals surface area contributed by atoms with Crippen molar-refractivity contribution in [3.63, 3.8) is 0 Å². The molecule has 0 radical (unpaired) electrons. The summed E-state index contributed by atoms with van der Waals surface area (Å²) < 4.78 is 24.0. The molecule has 0 saturated carbocycles. The third kappa shape index (κ3) is 4.71. The predicted molar refractivity (Wildman–Crippen MR) is 97.1 cm³/mol. The van der Waals surface area contributed by atoms with Crippen molar-refractivity contribution in [2.24, 2.45) is 5.73 Å². The zero-order valence-electron chi connectivity index (χ0n) is 13.4. The highest BCUT2D eigenvalue weighted by molar-refractivity contribution is 7.09. The molecule has 0 aliphatic rings. The van der Waals surface area contributed by atoms with Gasteiger partial charge in [-0.3, -0.25) is 4.79 Å². The van der Waals surface area contributed by atoms with E-state index in [1.54, 1.807) is 24.3 Å². The lowest BCUT2D eigenvalue weighted by atomic mass is 10.2. The van der Waals surface area contributed by atoms with Crippen LogP contribution in [0, 0.1) is 5.82 Å². The summed E-state index contributed by atoms with van der Waals surface area (Å²) in [6.07, 6.45) is 0. The van der Waals surface area contributed by atoms with Gasteiger partial charge in [-0.25, -0.2) is 9.37 Å². The molecule has 0 aliphatic carbocycles. The smallest absolute Gasteiger partial charge is 0.252 e. The molecule has 0 saturated heterocycles. The summed E-state index contributed by atoms with van der Waals surface area (Å²) in [6, 6.07) is 10.4. The molecule has 26 heavy (non-hydrogen) atoms. The van der Waals surface area contributed by atoms with E-state index in [1.807, 2.05) is 5.38 Å². The normalized spacial score (nSPS) is 10.5. The van der Waals surface area contributed by atoms with E-state index in [-0.39, 0.29) is 24.6 Å².